The van der Waals surface area contributed by atoms with Crippen molar-refractivity contribution < 1.29 is 9.53 Å². The second kappa shape index (κ2) is 9.80. The van der Waals surface area contributed by atoms with Crippen LogP contribution in [0.5, 0.6) is 0 Å². The molecule has 0 aromatic heterocycles. The summed E-state index contributed by atoms with van der Waals surface area (Å²) in [6.07, 6.45) is 14.0. The Kier molecular flexibility index (Phi) is 7.62. The highest BCUT2D eigenvalue weighted by Crippen LogP contribution is 2.68. The normalized spacial score (nSPS) is 40.2. The van der Waals surface area contributed by atoms with E-state index in [0.29, 0.717) is 5.41 Å². The molecule has 0 radical (unpaired) electrons. The van der Waals surface area contributed by atoms with Gasteiger partial charge in [-0.2, -0.15) is 0 Å². The molecule has 3 nitrogen and oxygen atoms in total. The van der Waals surface area contributed by atoms with Gasteiger partial charge in [-0.15, -0.1) is 0 Å². The van der Waals surface area contributed by atoms with Crippen molar-refractivity contribution in [3.63, 3.8) is 0 Å². The maximum absolute atomic E-state index is 11.7. The molecule has 4 aliphatic rings. The van der Waals surface area contributed by atoms with Gasteiger partial charge in [0.1, 0.15) is 6.10 Å². The van der Waals surface area contributed by atoms with Gasteiger partial charge in [0, 0.05) is 18.9 Å². The van der Waals surface area contributed by atoms with Gasteiger partial charge in [0.05, 0.1) is 0 Å². The van der Waals surface area contributed by atoms with Crippen LogP contribution in [-0.2, 0) is 9.53 Å². The third kappa shape index (κ3) is 5.01. The minimum absolute atomic E-state index is 0.0286. The van der Waals surface area contributed by atoms with Crippen LogP contribution < -0.4 is 5.73 Å². The second-order valence-electron chi connectivity index (χ2n) is 14.7. The second-order valence-corrected chi connectivity index (χ2v) is 14.7. The lowest BCUT2D eigenvalue weighted by atomic mass is 9.45. The van der Waals surface area contributed by atoms with Crippen LogP contribution in [-0.4, -0.2) is 17.6 Å². The number of esters is 1. The van der Waals surface area contributed by atoms with Crippen molar-refractivity contribution in [2.45, 2.75) is 138 Å². The molecule has 0 aromatic carbocycles. The fraction of sp³-hybridized carbons (Fsp3) is 0.906. The molecule has 3 saturated carbocycles. The smallest absolute Gasteiger partial charge is 0.302 e. The maximum Gasteiger partial charge on any atom is 0.302 e. The van der Waals surface area contributed by atoms with E-state index in [4.69, 9.17) is 10.5 Å². The summed E-state index contributed by atoms with van der Waals surface area (Å²) in [5, 5.41) is 0. The zero-order chi connectivity index (χ0) is 25.8. The van der Waals surface area contributed by atoms with Gasteiger partial charge in [0.15, 0.2) is 0 Å². The lowest BCUT2D eigenvalue weighted by molar-refractivity contribution is -0.148. The lowest BCUT2D eigenvalue weighted by Crippen LogP contribution is -2.54. The number of nitrogens with two attached hydrogens (primary N) is 1. The molecule has 200 valence electrons. The SMILES string of the molecule is CC(=O)O[C@H]1CC[C@@]2(C)C(=C(C(C)(C)N)C[C@H]3[C@@H]4CC[C@H]([C@H](C)CCCC(C)C)[C@@]4(C)CC[C@@H]32)C1. The number of rotatable bonds is 7. The predicted molar refractivity (Wildman–Crippen MR) is 146 cm³/mol. The zero-order valence-corrected chi connectivity index (χ0v) is 24.2. The Labute approximate surface area is 216 Å². The van der Waals surface area contributed by atoms with Crippen LogP contribution in [0.15, 0.2) is 11.1 Å². The molecule has 3 fully saturated rings. The quantitative estimate of drug-likeness (QED) is 0.293. The van der Waals surface area contributed by atoms with E-state index < -0.39 is 0 Å². The van der Waals surface area contributed by atoms with E-state index in [9.17, 15) is 4.79 Å². The highest BCUT2D eigenvalue weighted by Gasteiger charge is 2.60. The molecule has 0 spiro atoms. The number of hydrogen-bond donors (Lipinski definition) is 1. The average molecular weight is 486 g/mol. The number of carbonyl (C=O) groups is 1. The monoisotopic (exact) mass is 485 g/mol. The molecule has 35 heavy (non-hydrogen) atoms. The van der Waals surface area contributed by atoms with Crippen molar-refractivity contribution in [2.24, 2.45) is 52.1 Å². The van der Waals surface area contributed by atoms with Crippen molar-refractivity contribution in [1.29, 1.82) is 0 Å². The molecular formula is C32H55NO2. The number of fused-ring (bicyclic) bond motifs is 5. The van der Waals surface area contributed by atoms with E-state index in [1.54, 1.807) is 12.5 Å². The Morgan fingerprint density at radius 2 is 1.74 bits per heavy atom. The highest BCUT2D eigenvalue weighted by molar-refractivity contribution is 5.66. The lowest BCUT2D eigenvalue weighted by Gasteiger charge is -2.60. The van der Waals surface area contributed by atoms with Crippen LogP contribution >= 0.6 is 0 Å². The van der Waals surface area contributed by atoms with Gasteiger partial charge in [-0.05, 0) is 105 Å². The van der Waals surface area contributed by atoms with Crippen molar-refractivity contribution in [2.75, 3.05) is 0 Å². The zero-order valence-electron chi connectivity index (χ0n) is 24.2. The van der Waals surface area contributed by atoms with E-state index in [1.807, 2.05) is 0 Å². The van der Waals surface area contributed by atoms with Gasteiger partial charge in [-0.3, -0.25) is 4.79 Å². The van der Waals surface area contributed by atoms with Crippen LogP contribution in [0.2, 0.25) is 0 Å². The van der Waals surface area contributed by atoms with E-state index in [0.717, 1.165) is 54.8 Å². The minimum Gasteiger partial charge on any atom is -0.462 e. The Balaban J connectivity index is 1.61. The first kappa shape index (κ1) is 27.2. The maximum atomic E-state index is 11.7. The van der Waals surface area contributed by atoms with Gasteiger partial charge in [-0.1, -0.05) is 65.0 Å². The topological polar surface area (TPSA) is 52.3 Å². The summed E-state index contributed by atoms with van der Waals surface area (Å²) < 4.78 is 5.74. The molecule has 4 aliphatic carbocycles. The molecular weight excluding hydrogens is 430 g/mol. The Bertz CT molecular complexity index is 822. The summed E-state index contributed by atoms with van der Waals surface area (Å²) in [4.78, 5) is 11.7. The molecule has 0 aromatic rings. The average Bonchev–Trinajstić information content (AvgIpc) is 3.09. The van der Waals surface area contributed by atoms with E-state index in [-0.39, 0.29) is 23.0 Å². The molecule has 0 saturated heterocycles. The predicted octanol–water partition coefficient (Wildman–Crippen LogP) is 8.07. The molecule has 0 aliphatic heterocycles. The third-order valence-corrected chi connectivity index (χ3v) is 11.5. The first-order valence-corrected chi connectivity index (χ1v) is 15.0. The van der Waals surface area contributed by atoms with Gasteiger partial charge in [-0.25, -0.2) is 0 Å². The van der Waals surface area contributed by atoms with E-state index >= 15 is 0 Å². The summed E-state index contributed by atoms with van der Waals surface area (Å²) in [5.74, 6) is 4.76. The standard InChI is InChI=1S/C32H55NO2/c1-20(2)10-9-11-21(3)25-12-13-26-24-19-28(30(5,6)33)29-18-23(35-22(4)34)14-16-32(29,8)27(24)15-17-31(25,26)7/h20-21,23-27H,9-19,33H2,1-8H3/t21-,23+,24+,25-,26+,27+,31-,32-/m1/s1. The Morgan fingerprint density at radius 1 is 1.03 bits per heavy atom. The van der Waals surface area contributed by atoms with Crippen molar-refractivity contribution >= 4 is 5.97 Å². The largest absolute Gasteiger partial charge is 0.462 e. The molecule has 8 atom stereocenters. The summed E-state index contributed by atoms with van der Waals surface area (Å²) in [6.45, 7) is 18.5. The van der Waals surface area contributed by atoms with Crippen LogP contribution in [0.4, 0.5) is 0 Å². The van der Waals surface area contributed by atoms with Gasteiger partial charge in [0.25, 0.3) is 0 Å². The highest BCUT2D eigenvalue weighted by atomic mass is 16.5. The number of ether oxygens (including phenoxy) is 1. The summed E-state index contributed by atoms with van der Waals surface area (Å²) >= 11 is 0. The molecule has 2 N–H and O–H groups in total. The van der Waals surface area contributed by atoms with Crippen LogP contribution in [0.3, 0.4) is 0 Å². The van der Waals surface area contributed by atoms with Gasteiger partial charge < -0.3 is 10.5 Å². The first-order valence-electron chi connectivity index (χ1n) is 15.0. The molecule has 0 unspecified atom stereocenters. The van der Waals surface area contributed by atoms with Crippen LogP contribution in [0.1, 0.15) is 126 Å². The number of carbonyl (C=O) groups excluding carboxylic acids is 1. The number of hydrogen-bond acceptors (Lipinski definition) is 3. The van der Waals surface area contributed by atoms with Gasteiger partial charge in [0.2, 0.25) is 0 Å². The van der Waals surface area contributed by atoms with Crippen molar-refractivity contribution in [3.05, 3.63) is 11.1 Å². The van der Waals surface area contributed by atoms with Crippen molar-refractivity contribution in [1.82, 2.24) is 0 Å². The molecule has 0 bridgehead atoms. The summed E-state index contributed by atoms with van der Waals surface area (Å²) in [6, 6.07) is 0. The van der Waals surface area contributed by atoms with Gasteiger partial charge >= 0.3 is 5.97 Å². The van der Waals surface area contributed by atoms with Crippen molar-refractivity contribution in [3.8, 4) is 0 Å². The first-order chi connectivity index (χ1) is 16.3. The van der Waals surface area contributed by atoms with E-state index in [2.05, 4.69) is 48.5 Å². The molecule has 0 heterocycles. The molecule has 3 heteroatoms. The fourth-order valence-electron chi connectivity index (χ4n) is 9.79. The summed E-state index contributed by atoms with van der Waals surface area (Å²) in [5.41, 5.74) is 10.4. The van der Waals surface area contributed by atoms with Crippen LogP contribution in [0, 0.1) is 46.3 Å². The minimum atomic E-state index is -0.310. The van der Waals surface area contributed by atoms with E-state index in [1.165, 1.54) is 56.9 Å². The fourth-order valence-corrected chi connectivity index (χ4v) is 9.79. The summed E-state index contributed by atoms with van der Waals surface area (Å²) in [7, 11) is 0. The Hall–Kier alpha value is -0.830. The third-order valence-electron chi connectivity index (χ3n) is 11.5. The van der Waals surface area contributed by atoms with Crippen LogP contribution in [0.25, 0.3) is 0 Å². The Morgan fingerprint density at radius 3 is 2.37 bits per heavy atom. The molecule has 0 amide bonds. The molecule has 4 rings (SSSR count).